The van der Waals surface area contributed by atoms with Crippen LogP contribution in [0.1, 0.15) is 17.6 Å². The lowest BCUT2D eigenvalue weighted by molar-refractivity contribution is 0.201. The van der Waals surface area contributed by atoms with E-state index in [9.17, 15) is 5.11 Å². The van der Waals surface area contributed by atoms with Crippen molar-refractivity contribution in [1.29, 1.82) is 0 Å². The van der Waals surface area contributed by atoms with Gasteiger partial charge < -0.3 is 9.67 Å². The van der Waals surface area contributed by atoms with Gasteiger partial charge in [-0.2, -0.15) is 0 Å². The van der Waals surface area contributed by atoms with Crippen molar-refractivity contribution < 1.29 is 5.11 Å². The standard InChI is InChI=1S/C10H10ClN3O/c1-14-5-4-12-10(14)9(15)8-3-2-7(11)6-13-8/h2-6,9,15H,1H3. The SMILES string of the molecule is Cn1ccnc1C(O)c1ccc(Cl)cn1. The van der Waals surface area contributed by atoms with E-state index < -0.39 is 6.10 Å². The van der Waals surface area contributed by atoms with Crippen LogP contribution in [0.25, 0.3) is 0 Å². The van der Waals surface area contributed by atoms with Gasteiger partial charge >= 0.3 is 0 Å². The van der Waals surface area contributed by atoms with E-state index in [2.05, 4.69) is 9.97 Å². The number of nitrogens with zero attached hydrogens (tertiary/aromatic N) is 3. The number of halogens is 1. The van der Waals surface area contributed by atoms with Gasteiger partial charge in [-0.05, 0) is 12.1 Å². The van der Waals surface area contributed by atoms with Crippen molar-refractivity contribution >= 4 is 11.6 Å². The monoisotopic (exact) mass is 223 g/mol. The van der Waals surface area contributed by atoms with Crippen molar-refractivity contribution in [3.8, 4) is 0 Å². The van der Waals surface area contributed by atoms with Crippen LogP contribution < -0.4 is 0 Å². The summed E-state index contributed by atoms with van der Waals surface area (Å²) >= 11 is 5.71. The molecule has 2 aromatic rings. The Labute approximate surface area is 92.2 Å². The predicted octanol–water partition coefficient (Wildman–Crippen LogP) is 1.55. The van der Waals surface area contributed by atoms with Crippen molar-refractivity contribution in [2.75, 3.05) is 0 Å². The van der Waals surface area contributed by atoms with Gasteiger partial charge in [0.05, 0.1) is 10.7 Å². The minimum absolute atomic E-state index is 0.536. The summed E-state index contributed by atoms with van der Waals surface area (Å²) in [6.45, 7) is 0. The van der Waals surface area contributed by atoms with Gasteiger partial charge in [-0.3, -0.25) is 4.98 Å². The first kappa shape index (κ1) is 10.1. The molecule has 0 saturated carbocycles. The number of hydrogen-bond acceptors (Lipinski definition) is 3. The van der Waals surface area contributed by atoms with Crippen LogP contribution >= 0.6 is 11.6 Å². The molecule has 0 aromatic carbocycles. The van der Waals surface area contributed by atoms with E-state index in [-0.39, 0.29) is 0 Å². The largest absolute Gasteiger partial charge is 0.379 e. The van der Waals surface area contributed by atoms with Crippen molar-refractivity contribution in [3.63, 3.8) is 0 Å². The third-order valence-corrected chi connectivity index (χ3v) is 2.36. The van der Waals surface area contributed by atoms with E-state index in [1.54, 1.807) is 29.1 Å². The van der Waals surface area contributed by atoms with Crippen LogP contribution in [0.4, 0.5) is 0 Å². The van der Waals surface area contributed by atoms with Gasteiger partial charge in [-0.15, -0.1) is 0 Å². The number of pyridine rings is 1. The van der Waals surface area contributed by atoms with Crippen LogP contribution in [0, 0.1) is 0 Å². The van der Waals surface area contributed by atoms with Gasteiger partial charge in [0.1, 0.15) is 5.82 Å². The molecule has 0 aliphatic rings. The van der Waals surface area contributed by atoms with Gasteiger partial charge in [0.2, 0.25) is 0 Å². The van der Waals surface area contributed by atoms with Crippen LogP contribution in [-0.2, 0) is 7.05 Å². The Morgan fingerprint density at radius 2 is 2.20 bits per heavy atom. The summed E-state index contributed by atoms with van der Waals surface area (Å²) in [5.41, 5.74) is 0.536. The summed E-state index contributed by atoms with van der Waals surface area (Å²) in [4.78, 5) is 8.09. The lowest BCUT2D eigenvalue weighted by atomic mass is 10.2. The number of aryl methyl sites for hydroxylation is 1. The van der Waals surface area contributed by atoms with Crippen molar-refractivity contribution in [2.45, 2.75) is 6.10 Å². The zero-order chi connectivity index (χ0) is 10.8. The molecule has 1 unspecified atom stereocenters. The Balaban J connectivity index is 2.32. The number of aromatic nitrogens is 3. The van der Waals surface area contributed by atoms with Gasteiger partial charge in [-0.1, -0.05) is 11.6 Å². The fourth-order valence-corrected chi connectivity index (χ4v) is 1.43. The summed E-state index contributed by atoms with van der Waals surface area (Å²) in [5.74, 6) is 0.560. The predicted molar refractivity (Wildman–Crippen MR) is 56.5 cm³/mol. The number of aliphatic hydroxyl groups excluding tert-OH is 1. The van der Waals surface area contributed by atoms with E-state index in [1.165, 1.54) is 6.20 Å². The minimum Gasteiger partial charge on any atom is -0.379 e. The Morgan fingerprint density at radius 3 is 2.73 bits per heavy atom. The molecule has 0 bridgehead atoms. The highest BCUT2D eigenvalue weighted by atomic mass is 35.5. The summed E-state index contributed by atoms with van der Waals surface area (Å²) < 4.78 is 1.75. The highest BCUT2D eigenvalue weighted by Gasteiger charge is 2.15. The topological polar surface area (TPSA) is 50.9 Å². The Morgan fingerprint density at radius 1 is 1.40 bits per heavy atom. The van der Waals surface area contributed by atoms with E-state index in [1.807, 2.05) is 7.05 Å². The highest BCUT2D eigenvalue weighted by Crippen LogP contribution is 2.18. The maximum atomic E-state index is 9.96. The molecule has 2 aromatic heterocycles. The fourth-order valence-electron chi connectivity index (χ4n) is 1.32. The minimum atomic E-state index is -0.817. The van der Waals surface area contributed by atoms with Crippen LogP contribution in [0.2, 0.25) is 5.02 Å². The van der Waals surface area contributed by atoms with Crippen molar-refractivity contribution in [3.05, 3.63) is 47.3 Å². The molecule has 78 valence electrons. The van der Waals surface area contributed by atoms with Gasteiger partial charge in [0, 0.05) is 25.6 Å². The molecule has 1 N–H and O–H groups in total. The van der Waals surface area contributed by atoms with E-state index in [4.69, 9.17) is 11.6 Å². The smallest absolute Gasteiger partial charge is 0.153 e. The lowest BCUT2D eigenvalue weighted by Gasteiger charge is -2.09. The van der Waals surface area contributed by atoms with E-state index in [0.717, 1.165) is 0 Å². The first-order valence-electron chi connectivity index (χ1n) is 4.45. The second-order valence-corrected chi connectivity index (χ2v) is 3.64. The molecule has 0 fully saturated rings. The Kier molecular flexibility index (Phi) is 2.70. The van der Waals surface area contributed by atoms with Crippen LogP contribution in [-0.4, -0.2) is 19.6 Å². The fraction of sp³-hybridized carbons (Fsp3) is 0.200. The number of imidazole rings is 1. The molecule has 15 heavy (non-hydrogen) atoms. The molecule has 0 aliphatic heterocycles. The molecule has 2 rings (SSSR count). The molecule has 0 aliphatic carbocycles. The zero-order valence-electron chi connectivity index (χ0n) is 8.13. The lowest BCUT2D eigenvalue weighted by Crippen LogP contribution is -2.08. The summed E-state index contributed by atoms with van der Waals surface area (Å²) in [5, 5.41) is 10.5. The molecule has 1 atom stereocenters. The second-order valence-electron chi connectivity index (χ2n) is 3.20. The molecular weight excluding hydrogens is 214 g/mol. The average molecular weight is 224 g/mol. The first-order valence-corrected chi connectivity index (χ1v) is 4.83. The third kappa shape index (κ3) is 2.00. The Bertz CT molecular complexity index is 452. The molecule has 0 amide bonds. The number of rotatable bonds is 2. The van der Waals surface area contributed by atoms with Gasteiger partial charge in [0.25, 0.3) is 0 Å². The average Bonchev–Trinajstić information content (AvgIpc) is 2.65. The molecule has 5 heteroatoms. The molecular formula is C10H10ClN3O. The van der Waals surface area contributed by atoms with Gasteiger partial charge in [-0.25, -0.2) is 4.98 Å². The molecule has 4 nitrogen and oxygen atoms in total. The van der Waals surface area contributed by atoms with Crippen LogP contribution in [0.3, 0.4) is 0 Å². The molecule has 0 saturated heterocycles. The van der Waals surface area contributed by atoms with Crippen molar-refractivity contribution in [2.24, 2.45) is 7.05 Å². The van der Waals surface area contributed by atoms with Crippen molar-refractivity contribution in [1.82, 2.24) is 14.5 Å². The summed E-state index contributed by atoms with van der Waals surface area (Å²) in [6.07, 6.45) is 4.09. The first-order chi connectivity index (χ1) is 7.18. The second kappa shape index (κ2) is 4.00. The van der Waals surface area contributed by atoms with Crippen LogP contribution in [0.15, 0.2) is 30.7 Å². The highest BCUT2D eigenvalue weighted by molar-refractivity contribution is 6.30. The molecule has 0 spiro atoms. The molecule has 2 heterocycles. The number of aliphatic hydroxyl groups is 1. The maximum Gasteiger partial charge on any atom is 0.153 e. The summed E-state index contributed by atoms with van der Waals surface area (Å²) in [7, 11) is 1.82. The maximum absolute atomic E-state index is 9.96. The van der Waals surface area contributed by atoms with Gasteiger partial charge in [0.15, 0.2) is 6.10 Å². The third-order valence-electron chi connectivity index (χ3n) is 2.13. The van der Waals surface area contributed by atoms with E-state index in [0.29, 0.717) is 16.5 Å². The number of hydrogen-bond donors (Lipinski definition) is 1. The molecule has 0 radical (unpaired) electrons. The zero-order valence-corrected chi connectivity index (χ0v) is 8.89. The van der Waals surface area contributed by atoms with Crippen LogP contribution in [0.5, 0.6) is 0 Å². The normalized spacial score (nSPS) is 12.7. The summed E-state index contributed by atoms with van der Waals surface area (Å²) in [6, 6.07) is 3.37. The quantitative estimate of drug-likeness (QED) is 0.841. The van der Waals surface area contributed by atoms with E-state index >= 15 is 0 Å². The Hall–Kier alpha value is -1.39.